The number of nitrogens with two attached hydrogens (primary N) is 1. The zero-order valence-corrected chi connectivity index (χ0v) is 10.7. The van der Waals surface area contributed by atoms with E-state index in [0.717, 1.165) is 13.0 Å². The number of Topliss-reactive ketones (excluding diaryl/α,β-unsaturated/α-hetero) is 1. The van der Waals surface area contributed by atoms with Crippen LogP contribution >= 0.6 is 0 Å². The van der Waals surface area contributed by atoms with Crippen molar-refractivity contribution in [2.45, 2.75) is 24.1 Å². The van der Waals surface area contributed by atoms with Crippen LogP contribution in [0.25, 0.3) is 0 Å². The Labute approximate surface area is 106 Å². The minimum absolute atomic E-state index is 0.360. The Hall–Kier alpha value is -1.24. The van der Waals surface area contributed by atoms with Crippen LogP contribution in [0.1, 0.15) is 23.7 Å². The van der Waals surface area contributed by atoms with Crippen molar-refractivity contribution in [2.24, 2.45) is 5.14 Å². The molecule has 0 amide bonds. The van der Waals surface area contributed by atoms with Crippen molar-refractivity contribution in [3.8, 4) is 0 Å². The van der Waals surface area contributed by atoms with Crippen molar-refractivity contribution >= 4 is 15.8 Å². The Morgan fingerprint density at radius 3 is 2.50 bits per heavy atom. The molecule has 1 heterocycles. The van der Waals surface area contributed by atoms with Gasteiger partial charge in [-0.05, 0) is 24.9 Å². The maximum absolute atomic E-state index is 12.3. The van der Waals surface area contributed by atoms with Crippen molar-refractivity contribution in [3.05, 3.63) is 35.9 Å². The van der Waals surface area contributed by atoms with Crippen LogP contribution in [0.2, 0.25) is 0 Å². The second-order valence-corrected chi connectivity index (χ2v) is 6.08. The number of carbonyl (C=O) groups excluding carboxylic acids is 1. The molecule has 1 unspecified atom stereocenters. The first-order valence-corrected chi connectivity index (χ1v) is 7.45. The van der Waals surface area contributed by atoms with Crippen LogP contribution in [0, 0.1) is 0 Å². The van der Waals surface area contributed by atoms with Gasteiger partial charge in [0.2, 0.25) is 10.0 Å². The standard InChI is InChI=1S/C12H16N2O3S/c13-18(16,17)12(9-5-2-1-3-6-9)11(15)10-7-4-8-14-10/h1-3,5-6,10,12,14H,4,7-8H2,(H2,13,16,17)/t10-,12?/m1/s1. The monoisotopic (exact) mass is 268 g/mol. The normalized spacial score (nSPS) is 21.7. The number of hydrogen-bond donors (Lipinski definition) is 2. The van der Waals surface area contributed by atoms with Gasteiger partial charge in [0.25, 0.3) is 0 Å². The highest BCUT2D eigenvalue weighted by molar-refractivity contribution is 7.90. The van der Waals surface area contributed by atoms with Crippen molar-refractivity contribution in [2.75, 3.05) is 6.54 Å². The average molecular weight is 268 g/mol. The highest BCUT2D eigenvalue weighted by Crippen LogP contribution is 2.24. The number of hydrogen-bond acceptors (Lipinski definition) is 4. The summed E-state index contributed by atoms with van der Waals surface area (Å²) in [5.41, 5.74) is 0.429. The van der Waals surface area contributed by atoms with E-state index in [0.29, 0.717) is 12.0 Å². The summed E-state index contributed by atoms with van der Waals surface area (Å²) in [6, 6.07) is 7.98. The molecule has 1 aromatic rings. The molecule has 98 valence electrons. The number of primary sulfonamides is 1. The van der Waals surface area contributed by atoms with Crippen LogP contribution in [0.15, 0.2) is 30.3 Å². The van der Waals surface area contributed by atoms with Crippen LogP contribution in [0.3, 0.4) is 0 Å². The molecule has 0 aliphatic carbocycles. The molecular formula is C12H16N2O3S. The summed E-state index contributed by atoms with van der Waals surface area (Å²) in [6.07, 6.45) is 1.54. The third-order valence-corrected chi connectivity index (χ3v) is 4.25. The number of benzene rings is 1. The number of ketones is 1. The van der Waals surface area contributed by atoms with E-state index in [1.54, 1.807) is 30.3 Å². The van der Waals surface area contributed by atoms with E-state index < -0.39 is 21.3 Å². The van der Waals surface area contributed by atoms with Crippen LogP contribution in [-0.4, -0.2) is 26.8 Å². The molecule has 3 N–H and O–H groups in total. The fourth-order valence-electron chi connectivity index (χ4n) is 2.25. The Morgan fingerprint density at radius 1 is 1.33 bits per heavy atom. The van der Waals surface area contributed by atoms with E-state index in [1.165, 1.54) is 0 Å². The maximum atomic E-state index is 12.3. The molecule has 1 saturated heterocycles. The molecule has 1 aliphatic heterocycles. The molecule has 0 spiro atoms. The van der Waals surface area contributed by atoms with Gasteiger partial charge in [0.1, 0.15) is 0 Å². The third kappa shape index (κ3) is 2.77. The van der Waals surface area contributed by atoms with Crippen molar-refractivity contribution in [3.63, 3.8) is 0 Å². The summed E-state index contributed by atoms with van der Waals surface area (Å²) in [4.78, 5) is 12.3. The Bertz CT molecular complexity index is 522. The topological polar surface area (TPSA) is 89.3 Å². The molecule has 2 rings (SSSR count). The van der Waals surface area contributed by atoms with E-state index in [4.69, 9.17) is 5.14 Å². The molecule has 0 aromatic heterocycles. The van der Waals surface area contributed by atoms with Gasteiger partial charge >= 0.3 is 0 Å². The largest absolute Gasteiger partial charge is 0.307 e. The molecule has 1 fully saturated rings. The highest BCUT2D eigenvalue weighted by Gasteiger charge is 2.36. The SMILES string of the molecule is NS(=O)(=O)C(C(=O)[C@H]1CCCN1)c1ccccc1. The fraction of sp³-hybridized carbons (Fsp3) is 0.417. The zero-order valence-electron chi connectivity index (χ0n) is 9.87. The summed E-state index contributed by atoms with van der Waals surface area (Å²) in [5, 5.41) is 6.94. The highest BCUT2D eigenvalue weighted by atomic mass is 32.2. The third-order valence-electron chi connectivity index (χ3n) is 3.09. The fourth-order valence-corrected chi connectivity index (χ4v) is 3.28. The van der Waals surface area contributed by atoms with Crippen molar-refractivity contribution < 1.29 is 13.2 Å². The molecule has 0 bridgehead atoms. The van der Waals surface area contributed by atoms with Gasteiger partial charge < -0.3 is 5.32 Å². The Morgan fingerprint density at radius 2 is 2.00 bits per heavy atom. The van der Waals surface area contributed by atoms with Crippen molar-refractivity contribution in [1.29, 1.82) is 0 Å². The quantitative estimate of drug-likeness (QED) is 0.824. The molecular weight excluding hydrogens is 252 g/mol. The maximum Gasteiger partial charge on any atom is 0.223 e. The van der Waals surface area contributed by atoms with E-state index in [-0.39, 0.29) is 5.78 Å². The molecule has 0 saturated carbocycles. The van der Waals surface area contributed by atoms with Gasteiger partial charge in [0.15, 0.2) is 11.0 Å². The summed E-state index contributed by atoms with van der Waals surface area (Å²) >= 11 is 0. The van der Waals surface area contributed by atoms with Gasteiger partial charge in [-0.15, -0.1) is 0 Å². The lowest BCUT2D eigenvalue weighted by Gasteiger charge is -2.18. The first kappa shape index (κ1) is 13.2. The molecule has 1 aliphatic rings. The lowest BCUT2D eigenvalue weighted by atomic mass is 10.0. The lowest BCUT2D eigenvalue weighted by Crippen LogP contribution is -2.39. The van der Waals surface area contributed by atoms with E-state index >= 15 is 0 Å². The number of carbonyl (C=O) groups is 1. The van der Waals surface area contributed by atoms with Crippen LogP contribution in [-0.2, 0) is 14.8 Å². The summed E-state index contributed by atoms with van der Waals surface area (Å²) in [6.45, 7) is 0.739. The van der Waals surface area contributed by atoms with Crippen LogP contribution in [0.4, 0.5) is 0 Å². The minimum atomic E-state index is -3.94. The predicted molar refractivity (Wildman–Crippen MR) is 68.3 cm³/mol. The molecule has 1 aromatic carbocycles. The van der Waals surface area contributed by atoms with E-state index in [9.17, 15) is 13.2 Å². The first-order valence-electron chi connectivity index (χ1n) is 5.84. The lowest BCUT2D eigenvalue weighted by molar-refractivity contribution is -0.120. The predicted octanol–water partition coefficient (Wildman–Crippen LogP) is 0.337. The zero-order chi connectivity index (χ0) is 13.2. The summed E-state index contributed by atoms with van der Waals surface area (Å²) in [7, 11) is -3.94. The molecule has 2 atom stereocenters. The Balaban J connectivity index is 2.35. The van der Waals surface area contributed by atoms with Gasteiger partial charge in [0.05, 0.1) is 6.04 Å². The average Bonchev–Trinajstić information content (AvgIpc) is 2.82. The number of nitrogens with one attached hydrogen (secondary N) is 1. The smallest absolute Gasteiger partial charge is 0.223 e. The van der Waals surface area contributed by atoms with E-state index in [1.807, 2.05) is 0 Å². The second kappa shape index (κ2) is 5.17. The molecule has 18 heavy (non-hydrogen) atoms. The van der Waals surface area contributed by atoms with Gasteiger partial charge in [-0.25, -0.2) is 13.6 Å². The van der Waals surface area contributed by atoms with Gasteiger partial charge in [-0.2, -0.15) is 0 Å². The minimum Gasteiger partial charge on any atom is -0.307 e. The number of rotatable bonds is 4. The van der Waals surface area contributed by atoms with Crippen LogP contribution < -0.4 is 10.5 Å². The molecule has 5 nitrogen and oxygen atoms in total. The van der Waals surface area contributed by atoms with Gasteiger partial charge in [0, 0.05) is 0 Å². The Kier molecular flexibility index (Phi) is 3.79. The summed E-state index contributed by atoms with van der Waals surface area (Å²) < 4.78 is 23.3. The van der Waals surface area contributed by atoms with Crippen LogP contribution in [0.5, 0.6) is 0 Å². The molecule has 6 heteroatoms. The summed E-state index contributed by atoms with van der Waals surface area (Å²) in [5.74, 6) is -0.360. The number of sulfonamides is 1. The molecule has 0 radical (unpaired) electrons. The second-order valence-electron chi connectivity index (χ2n) is 4.43. The van der Waals surface area contributed by atoms with E-state index in [2.05, 4.69) is 5.32 Å². The van der Waals surface area contributed by atoms with Gasteiger partial charge in [-0.3, -0.25) is 4.79 Å². The first-order chi connectivity index (χ1) is 8.50. The van der Waals surface area contributed by atoms with Crippen molar-refractivity contribution in [1.82, 2.24) is 5.32 Å². The van der Waals surface area contributed by atoms with Gasteiger partial charge in [-0.1, -0.05) is 30.3 Å².